The average Bonchev–Trinajstić information content (AvgIpc) is 1.95. The fraction of sp³-hybridized carbons (Fsp3) is 0.400. The van der Waals surface area contributed by atoms with Crippen molar-refractivity contribution in [2.75, 3.05) is 6.26 Å². The maximum Gasteiger partial charge on any atom is 0.209 e. The molecule has 0 spiro atoms. The number of halogens is 1. The quantitative estimate of drug-likeness (QED) is 0.608. The lowest BCUT2D eigenvalue weighted by molar-refractivity contribution is 0.818. The summed E-state index contributed by atoms with van der Waals surface area (Å²) >= 11 is 7.04. The Kier molecular flexibility index (Phi) is 2.45. The molecule has 10 heavy (non-hydrogen) atoms. The van der Waals surface area contributed by atoms with Crippen LogP contribution < -0.4 is 0 Å². The van der Waals surface area contributed by atoms with E-state index >= 15 is 0 Å². The summed E-state index contributed by atoms with van der Waals surface area (Å²) in [4.78, 5) is 4.05. The van der Waals surface area contributed by atoms with Gasteiger partial charge in [-0.15, -0.1) is 10.2 Å². The van der Waals surface area contributed by atoms with Gasteiger partial charge in [-0.3, -0.25) is 0 Å². The summed E-state index contributed by atoms with van der Waals surface area (Å²) in [6, 6.07) is 0. The number of rotatable bonds is 1. The summed E-state index contributed by atoms with van der Waals surface area (Å²) < 4.78 is 0. The van der Waals surface area contributed by atoms with Gasteiger partial charge in [0.2, 0.25) is 5.16 Å². The van der Waals surface area contributed by atoms with E-state index in [0.29, 0.717) is 10.3 Å². The van der Waals surface area contributed by atoms with Gasteiger partial charge in [0.05, 0.1) is 5.69 Å². The molecule has 1 aromatic rings. The first kappa shape index (κ1) is 7.75. The fourth-order valence-electron chi connectivity index (χ4n) is 0.457. The average molecular weight is 176 g/mol. The highest BCUT2D eigenvalue weighted by Gasteiger charge is 1.99. The second kappa shape index (κ2) is 3.16. The van der Waals surface area contributed by atoms with E-state index in [1.165, 1.54) is 11.8 Å². The molecule has 54 valence electrons. The van der Waals surface area contributed by atoms with E-state index in [0.717, 1.165) is 5.69 Å². The zero-order chi connectivity index (χ0) is 7.56. The summed E-state index contributed by atoms with van der Waals surface area (Å²) in [6.07, 6.45) is 1.89. The molecule has 0 unspecified atom stereocenters. The van der Waals surface area contributed by atoms with Gasteiger partial charge in [-0.1, -0.05) is 23.4 Å². The topological polar surface area (TPSA) is 38.7 Å². The van der Waals surface area contributed by atoms with E-state index in [2.05, 4.69) is 15.2 Å². The van der Waals surface area contributed by atoms with Crippen molar-refractivity contribution in [3.05, 3.63) is 10.8 Å². The number of aryl methyl sites for hydroxylation is 1. The van der Waals surface area contributed by atoms with Gasteiger partial charge in [0, 0.05) is 0 Å². The van der Waals surface area contributed by atoms with E-state index in [-0.39, 0.29) is 0 Å². The van der Waals surface area contributed by atoms with Crippen molar-refractivity contribution in [1.82, 2.24) is 15.2 Å². The molecule has 1 heterocycles. The van der Waals surface area contributed by atoms with Crippen molar-refractivity contribution in [2.45, 2.75) is 12.1 Å². The second-order valence-corrected chi connectivity index (χ2v) is 2.81. The molecule has 0 radical (unpaired) electrons. The van der Waals surface area contributed by atoms with Crippen molar-refractivity contribution < 1.29 is 0 Å². The van der Waals surface area contributed by atoms with Gasteiger partial charge < -0.3 is 0 Å². The summed E-state index contributed by atoms with van der Waals surface area (Å²) in [7, 11) is 0. The fourth-order valence-corrected chi connectivity index (χ4v) is 0.888. The molecule has 0 aliphatic rings. The second-order valence-electron chi connectivity index (χ2n) is 1.67. The van der Waals surface area contributed by atoms with Crippen LogP contribution in [0, 0.1) is 6.92 Å². The molecule has 0 atom stereocenters. The van der Waals surface area contributed by atoms with E-state index in [1.807, 2.05) is 6.26 Å². The van der Waals surface area contributed by atoms with Crippen molar-refractivity contribution in [3.8, 4) is 0 Å². The largest absolute Gasteiger partial charge is 0.223 e. The standard InChI is InChI=1S/C5H6ClN3S/c1-3-4(6)8-9-5(7-3)10-2/h1-2H3. The highest BCUT2D eigenvalue weighted by atomic mass is 35.5. The third-order valence-electron chi connectivity index (χ3n) is 0.968. The van der Waals surface area contributed by atoms with Gasteiger partial charge in [0.15, 0.2) is 5.15 Å². The van der Waals surface area contributed by atoms with Crippen LogP contribution in [0.2, 0.25) is 5.15 Å². The first-order chi connectivity index (χ1) is 4.74. The van der Waals surface area contributed by atoms with Gasteiger partial charge in [0.25, 0.3) is 0 Å². The van der Waals surface area contributed by atoms with Gasteiger partial charge in [0.1, 0.15) is 0 Å². The maximum atomic E-state index is 5.59. The molecule has 0 saturated carbocycles. The van der Waals surface area contributed by atoms with E-state index in [1.54, 1.807) is 6.92 Å². The third-order valence-corrected chi connectivity index (χ3v) is 1.85. The number of aromatic nitrogens is 3. The SMILES string of the molecule is CSc1nnc(Cl)c(C)n1. The maximum absolute atomic E-state index is 5.59. The van der Waals surface area contributed by atoms with Crippen LogP contribution >= 0.6 is 23.4 Å². The molecule has 0 N–H and O–H groups in total. The Morgan fingerprint density at radius 1 is 1.40 bits per heavy atom. The molecular formula is C5H6ClN3S. The van der Waals surface area contributed by atoms with Crippen LogP contribution in [0.1, 0.15) is 5.69 Å². The normalized spacial score (nSPS) is 9.90. The summed E-state index contributed by atoms with van der Waals surface area (Å²) in [5, 5.41) is 8.44. The van der Waals surface area contributed by atoms with Crippen molar-refractivity contribution >= 4 is 23.4 Å². The lowest BCUT2D eigenvalue weighted by Crippen LogP contribution is -1.93. The molecule has 0 fully saturated rings. The molecule has 5 heteroatoms. The molecular weight excluding hydrogens is 170 g/mol. The summed E-state index contributed by atoms with van der Waals surface area (Å²) in [5.41, 5.74) is 0.723. The van der Waals surface area contributed by atoms with Crippen LogP contribution in [0.15, 0.2) is 5.16 Å². The van der Waals surface area contributed by atoms with E-state index < -0.39 is 0 Å². The Morgan fingerprint density at radius 3 is 2.60 bits per heavy atom. The van der Waals surface area contributed by atoms with Gasteiger partial charge in [-0.2, -0.15) is 0 Å². The van der Waals surface area contributed by atoms with Crippen LogP contribution in [0.3, 0.4) is 0 Å². The monoisotopic (exact) mass is 175 g/mol. The smallest absolute Gasteiger partial charge is 0.209 e. The number of hydrogen-bond acceptors (Lipinski definition) is 4. The van der Waals surface area contributed by atoms with Crippen LogP contribution in [0.25, 0.3) is 0 Å². The lowest BCUT2D eigenvalue weighted by Gasteiger charge is -1.95. The third kappa shape index (κ3) is 1.58. The first-order valence-electron chi connectivity index (χ1n) is 2.65. The van der Waals surface area contributed by atoms with E-state index in [9.17, 15) is 0 Å². The Bertz CT molecular complexity index is 240. The minimum atomic E-state index is 0.373. The molecule has 1 rings (SSSR count). The molecule has 0 bridgehead atoms. The van der Waals surface area contributed by atoms with Gasteiger partial charge >= 0.3 is 0 Å². The zero-order valence-electron chi connectivity index (χ0n) is 5.63. The Balaban J connectivity index is 3.04. The molecule has 3 nitrogen and oxygen atoms in total. The summed E-state index contributed by atoms with van der Waals surface area (Å²) in [6.45, 7) is 1.80. The molecule has 0 aliphatic heterocycles. The molecule has 0 saturated heterocycles. The highest BCUT2D eigenvalue weighted by molar-refractivity contribution is 7.98. The minimum Gasteiger partial charge on any atom is -0.223 e. The van der Waals surface area contributed by atoms with Gasteiger partial charge in [-0.25, -0.2) is 4.98 Å². The van der Waals surface area contributed by atoms with Gasteiger partial charge in [-0.05, 0) is 13.2 Å². The number of hydrogen-bond donors (Lipinski definition) is 0. The highest BCUT2D eigenvalue weighted by Crippen LogP contribution is 2.11. The Morgan fingerprint density at radius 2 is 2.10 bits per heavy atom. The number of nitrogens with zero attached hydrogens (tertiary/aromatic N) is 3. The van der Waals surface area contributed by atoms with Crippen LogP contribution in [-0.2, 0) is 0 Å². The lowest BCUT2D eigenvalue weighted by atomic mass is 10.5. The predicted molar refractivity (Wildman–Crippen MR) is 41.4 cm³/mol. The summed E-state index contributed by atoms with van der Waals surface area (Å²) in [5.74, 6) is 0. The Hall–Kier alpha value is -0.350. The minimum absolute atomic E-state index is 0.373. The molecule has 1 aromatic heterocycles. The van der Waals surface area contributed by atoms with Crippen LogP contribution in [0.5, 0.6) is 0 Å². The number of thioether (sulfide) groups is 1. The Labute approximate surface area is 68.2 Å². The van der Waals surface area contributed by atoms with E-state index in [4.69, 9.17) is 11.6 Å². The first-order valence-corrected chi connectivity index (χ1v) is 4.25. The molecule has 0 aliphatic carbocycles. The van der Waals surface area contributed by atoms with Crippen molar-refractivity contribution in [1.29, 1.82) is 0 Å². The van der Waals surface area contributed by atoms with Crippen LogP contribution in [0.4, 0.5) is 0 Å². The zero-order valence-corrected chi connectivity index (χ0v) is 7.20. The molecule has 0 aromatic carbocycles. The van der Waals surface area contributed by atoms with Crippen molar-refractivity contribution in [2.24, 2.45) is 0 Å². The predicted octanol–water partition coefficient (Wildman–Crippen LogP) is 1.56. The molecule has 0 amide bonds. The van der Waals surface area contributed by atoms with Crippen LogP contribution in [-0.4, -0.2) is 21.4 Å². The van der Waals surface area contributed by atoms with Crippen molar-refractivity contribution in [3.63, 3.8) is 0 Å².